The topological polar surface area (TPSA) is 66.5 Å². The number of rotatable bonds is 7. The SMILES string of the molecule is Cc1cccc(N(CC(=O)NC(C)c2ccc(C)c(C)c2)S(=O)(=O)c2ccc(Cl)cc2)c1. The minimum Gasteiger partial charge on any atom is -0.348 e. The van der Waals surface area contributed by atoms with Crippen molar-refractivity contribution in [2.24, 2.45) is 0 Å². The molecule has 0 bridgehead atoms. The minimum absolute atomic E-state index is 0.0680. The molecule has 1 atom stereocenters. The van der Waals surface area contributed by atoms with Crippen LogP contribution in [-0.2, 0) is 14.8 Å². The lowest BCUT2D eigenvalue weighted by molar-refractivity contribution is -0.120. The Kier molecular flexibility index (Phi) is 7.26. The van der Waals surface area contributed by atoms with Crippen LogP contribution in [0.3, 0.4) is 0 Å². The summed E-state index contributed by atoms with van der Waals surface area (Å²) in [7, 11) is -3.98. The van der Waals surface area contributed by atoms with Gasteiger partial charge in [0, 0.05) is 5.02 Å². The van der Waals surface area contributed by atoms with E-state index in [0.717, 1.165) is 21.0 Å². The fourth-order valence-corrected chi connectivity index (χ4v) is 4.91. The molecule has 0 aromatic heterocycles. The number of amides is 1. The second-order valence-electron chi connectivity index (χ2n) is 7.94. The first-order valence-electron chi connectivity index (χ1n) is 10.3. The molecule has 3 aromatic rings. The first-order valence-corrected chi connectivity index (χ1v) is 12.1. The van der Waals surface area contributed by atoms with Gasteiger partial charge in [0.25, 0.3) is 10.0 Å². The highest BCUT2D eigenvalue weighted by molar-refractivity contribution is 7.92. The molecule has 3 aromatic carbocycles. The third-order valence-electron chi connectivity index (χ3n) is 5.39. The summed E-state index contributed by atoms with van der Waals surface area (Å²) in [5.74, 6) is -0.394. The summed E-state index contributed by atoms with van der Waals surface area (Å²) in [5, 5.41) is 3.36. The molecule has 0 aliphatic rings. The predicted molar refractivity (Wildman–Crippen MR) is 130 cm³/mol. The van der Waals surface area contributed by atoms with E-state index >= 15 is 0 Å². The molecule has 32 heavy (non-hydrogen) atoms. The van der Waals surface area contributed by atoms with E-state index in [1.807, 2.05) is 52.0 Å². The zero-order valence-corrected chi connectivity index (χ0v) is 20.2. The standard InChI is InChI=1S/C25H27ClN2O3S/c1-17-6-5-7-23(14-17)28(32(30,31)24-12-10-22(26)11-13-24)16-25(29)27-20(4)21-9-8-18(2)19(3)15-21/h5-15,20H,16H2,1-4H3,(H,27,29). The Morgan fingerprint density at radius 2 is 1.66 bits per heavy atom. The molecule has 0 aliphatic heterocycles. The van der Waals surface area contributed by atoms with Gasteiger partial charge in [-0.1, -0.05) is 41.9 Å². The highest BCUT2D eigenvalue weighted by Gasteiger charge is 2.28. The lowest BCUT2D eigenvalue weighted by Gasteiger charge is -2.25. The second kappa shape index (κ2) is 9.76. The lowest BCUT2D eigenvalue weighted by atomic mass is 10.0. The summed E-state index contributed by atoms with van der Waals surface area (Å²) < 4.78 is 28.0. The molecule has 0 aliphatic carbocycles. The van der Waals surface area contributed by atoms with Gasteiger partial charge in [0.05, 0.1) is 16.6 Å². The van der Waals surface area contributed by atoms with Crippen molar-refractivity contribution in [2.75, 3.05) is 10.8 Å². The van der Waals surface area contributed by atoms with Gasteiger partial charge < -0.3 is 5.32 Å². The molecular weight excluding hydrogens is 444 g/mol. The molecule has 168 valence electrons. The van der Waals surface area contributed by atoms with Crippen LogP contribution in [0.4, 0.5) is 5.69 Å². The molecule has 0 radical (unpaired) electrons. The maximum absolute atomic E-state index is 13.4. The first-order chi connectivity index (χ1) is 15.1. The van der Waals surface area contributed by atoms with Crippen molar-refractivity contribution in [2.45, 2.75) is 38.6 Å². The summed E-state index contributed by atoms with van der Waals surface area (Å²) in [5.41, 5.74) is 4.59. The number of halogens is 1. The first kappa shape index (κ1) is 23.8. The average molecular weight is 471 g/mol. The van der Waals surface area contributed by atoms with Gasteiger partial charge >= 0.3 is 0 Å². The van der Waals surface area contributed by atoms with Gasteiger partial charge in [-0.3, -0.25) is 9.10 Å². The molecule has 1 amide bonds. The predicted octanol–water partition coefficient (Wildman–Crippen LogP) is 5.34. The number of sulfonamides is 1. The molecule has 0 saturated heterocycles. The molecule has 0 fully saturated rings. The zero-order valence-electron chi connectivity index (χ0n) is 18.6. The normalized spacial score (nSPS) is 12.3. The Morgan fingerprint density at radius 1 is 0.969 bits per heavy atom. The van der Waals surface area contributed by atoms with Gasteiger partial charge in [0.15, 0.2) is 0 Å². The molecular formula is C25H27ClN2O3S. The molecule has 0 heterocycles. The van der Waals surface area contributed by atoms with Gasteiger partial charge in [-0.15, -0.1) is 0 Å². The van der Waals surface area contributed by atoms with Crippen LogP contribution < -0.4 is 9.62 Å². The van der Waals surface area contributed by atoms with E-state index in [9.17, 15) is 13.2 Å². The Balaban J connectivity index is 1.89. The minimum atomic E-state index is -3.98. The van der Waals surface area contributed by atoms with E-state index in [4.69, 9.17) is 11.6 Å². The second-order valence-corrected chi connectivity index (χ2v) is 10.2. The van der Waals surface area contributed by atoms with Gasteiger partial charge in [0.2, 0.25) is 5.91 Å². The quantitative estimate of drug-likeness (QED) is 0.507. The van der Waals surface area contributed by atoms with E-state index in [1.165, 1.54) is 29.8 Å². The van der Waals surface area contributed by atoms with Crippen molar-refractivity contribution in [3.8, 4) is 0 Å². The number of carbonyl (C=O) groups is 1. The van der Waals surface area contributed by atoms with E-state index in [2.05, 4.69) is 5.32 Å². The molecule has 0 spiro atoms. The van der Waals surface area contributed by atoms with Crippen LogP contribution in [0, 0.1) is 20.8 Å². The van der Waals surface area contributed by atoms with Crippen molar-refractivity contribution < 1.29 is 13.2 Å². The fourth-order valence-electron chi connectivity index (χ4n) is 3.37. The summed E-state index contributed by atoms with van der Waals surface area (Å²) in [6.45, 7) is 7.46. The third kappa shape index (κ3) is 5.50. The number of nitrogens with zero attached hydrogens (tertiary/aromatic N) is 1. The fraction of sp³-hybridized carbons (Fsp3) is 0.240. The Bertz CT molecular complexity index is 1220. The molecule has 7 heteroatoms. The molecule has 0 saturated carbocycles. The molecule has 3 rings (SSSR count). The maximum Gasteiger partial charge on any atom is 0.264 e. The van der Waals surface area contributed by atoms with Crippen LogP contribution in [0.25, 0.3) is 0 Å². The van der Waals surface area contributed by atoms with Crippen molar-refractivity contribution in [3.05, 3.63) is 94.0 Å². The van der Waals surface area contributed by atoms with E-state index in [1.54, 1.807) is 18.2 Å². The van der Waals surface area contributed by atoms with Crippen LogP contribution in [0.5, 0.6) is 0 Å². The number of hydrogen-bond acceptors (Lipinski definition) is 3. The van der Waals surface area contributed by atoms with Crippen LogP contribution in [0.1, 0.15) is 35.2 Å². The highest BCUT2D eigenvalue weighted by Crippen LogP contribution is 2.26. The van der Waals surface area contributed by atoms with Crippen molar-refractivity contribution >= 4 is 33.2 Å². The van der Waals surface area contributed by atoms with Crippen LogP contribution in [0.15, 0.2) is 71.6 Å². The number of carbonyl (C=O) groups excluding carboxylic acids is 1. The number of hydrogen-bond donors (Lipinski definition) is 1. The molecule has 1 unspecified atom stereocenters. The monoisotopic (exact) mass is 470 g/mol. The average Bonchev–Trinajstić information content (AvgIpc) is 2.74. The van der Waals surface area contributed by atoms with Crippen molar-refractivity contribution in [1.29, 1.82) is 0 Å². The van der Waals surface area contributed by atoms with Crippen LogP contribution >= 0.6 is 11.6 Å². The largest absolute Gasteiger partial charge is 0.348 e. The zero-order chi connectivity index (χ0) is 23.5. The van der Waals surface area contributed by atoms with Gasteiger partial charge in [0.1, 0.15) is 6.54 Å². The van der Waals surface area contributed by atoms with Crippen LogP contribution in [0.2, 0.25) is 5.02 Å². The highest BCUT2D eigenvalue weighted by atomic mass is 35.5. The van der Waals surface area contributed by atoms with E-state index < -0.39 is 15.9 Å². The summed E-state index contributed by atoms with van der Waals surface area (Å²) in [6, 6.07) is 18.7. The van der Waals surface area contributed by atoms with Crippen molar-refractivity contribution in [1.82, 2.24) is 5.32 Å². The number of aryl methyl sites for hydroxylation is 3. The number of nitrogens with one attached hydrogen (secondary N) is 1. The summed E-state index contributed by atoms with van der Waals surface area (Å²) in [6.07, 6.45) is 0. The van der Waals surface area contributed by atoms with E-state index in [0.29, 0.717) is 10.7 Å². The van der Waals surface area contributed by atoms with Gasteiger partial charge in [-0.25, -0.2) is 8.42 Å². The van der Waals surface area contributed by atoms with E-state index in [-0.39, 0.29) is 17.5 Å². The van der Waals surface area contributed by atoms with Crippen LogP contribution in [-0.4, -0.2) is 20.9 Å². The van der Waals surface area contributed by atoms with Gasteiger partial charge in [-0.2, -0.15) is 0 Å². The Hall–Kier alpha value is -2.83. The number of anilines is 1. The lowest BCUT2D eigenvalue weighted by Crippen LogP contribution is -2.41. The Labute approximate surface area is 195 Å². The van der Waals surface area contributed by atoms with Gasteiger partial charge in [-0.05, 0) is 86.3 Å². The number of benzene rings is 3. The summed E-state index contributed by atoms with van der Waals surface area (Å²) in [4.78, 5) is 13.0. The molecule has 5 nitrogen and oxygen atoms in total. The Morgan fingerprint density at radius 3 is 2.28 bits per heavy atom. The molecule has 1 N–H and O–H groups in total. The summed E-state index contributed by atoms with van der Waals surface area (Å²) >= 11 is 5.93. The van der Waals surface area contributed by atoms with Crippen molar-refractivity contribution in [3.63, 3.8) is 0 Å². The third-order valence-corrected chi connectivity index (χ3v) is 7.43. The smallest absolute Gasteiger partial charge is 0.264 e. The maximum atomic E-state index is 13.4.